The fraction of sp³-hybridized carbons (Fsp3) is 0.233. The summed E-state index contributed by atoms with van der Waals surface area (Å²) in [6.45, 7) is 1.01. The number of amides is 2. The van der Waals surface area contributed by atoms with Crippen LogP contribution in [0.5, 0.6) is 0 Å². The first-order valence-electron chi connectivity index (χ1n) is 12.9. The maximum Gasteiger partial charge on any atom is 0.240 e. The normalized spacial score (nSPS) is 15.2. The molecular formula is C30H29Cl2N5O2S. The van der Waals surface area contributed by atoms with Crippen LogP contribution in [0.4, 0.5) is 5.82 Å². The Balaban J connectivity index is 1.74. The molecule has 2 heterocycles. The number of halogens is 2. The second-order valence-corrected chi connectivity index (χ2v) is 11.6. The van der Waals surface area contributed by atoms with Crippen LogP contribution in [-0.2, 0) is 9.59 Å². The highest BCUT2D eigenvalue weighted by Gasteiger charge is 2.38. The summed E-state index contributed by atoms with van der Waals surface area (Å²) in [6.07, 6.45) is 0. The van der Waals surface area contributed by atoms with Gasteiger partial charge in [-0.1, -0.05) is 77.8 Å². The second kappa shape index (κ2) is 12.5. The molecule has 1 N–H and O–H groups in total. The molecule has 0 radical (unpaired) electrons. The van der Waals surface area contributed by atoms with Crippen molar-refractivity contribution >= 4 is 52.6 Å². The van der Waals surface area contributed by atoms with E-state index in [1.165, 1.54) is 11.8 Å². The summed E-state index contributed by atoms with van der Waals surface area (Å²) in [7, 11) is 3.88. The van der Waals surface area contributed by atoms with Crippen molar-refractivity contribution in [2.75, 3.05) is 44.4 Å². The van der Waals surface area contributed by atoms with E-state index in [-0.39, 0.29) is 29.4 Å². The van der Waals surface area contributed by atoms with E-state index in [4.69, 9.17) is 28.3 Å². The van der Waals surface area contributed by atoms with E-state index in [1.54, 1.807) is 15.6 Å². The molecule has 40 heavy (non-hydrogen) atoms. The number of para-hydroxylation sites is 1. The number of fused-ring (bicyclic) bond motifs is 1. The van der Waals surface area contributed by atoms with Gasteiger partial charge in [0.05, 0.1) is 27.4 Å². The molecule has 1 aromatic heterocycles. The first kappa shape index (κ1) is 28.2. The van der Waals surface area contributed by atoms with Gasteiger partial charge in [0.1, 0.15) is 12.4 Å². The van der Waals surface area contributed by atoms with Crippen molar-refractivity contribution in [1.82, 2.24) is 20.0 Å². The Bertz CT molecular complexity index is 1530. The number of benzene rings is 3. The molecule has 1 unspecified atom stereocenters. The molecule has 1 aliphatic rings. The van der Waals surface area contributed by atoms with Gasteiger partial charge < -0.3 is 10.2 Å². The van der Waals surface area contributed by atoms with Crippen molar-refractivity contribution < 1.29 is 9.59 Å². The summed E-state index contributed by atoms with van der Waals surface area (Å²) >= 11 is 14.6. The largest absolute Gasteiger partial charge is 0.353 e. The molecule has 0 spiro atoms. The summed E-state index contributed by atoms with van der Waals surface area (Å²) in [5.74, 6) is 0.259. The van der Waals surface area contributed by atoms with Gasteiger partial charge in [0.15, 0.2) is 0 Å². The molecule has 3 aromatic carbocycles. The van der Waals surface area contributed by atoms with Crippen LogP contribution in [0.25, 0.3) is 16.9 Å². The first-order valence-corrected chi connectivity index (χ1v) is 14.7. The molecule has 4 aromatic rings. The monoisotopic (exact) mass is 593 g/mol. The molecular weight excluding hydrogens is 565 g/mol. The Morgan fingerprint density at radius 2 is 1.80 bits per heavy atom. The summed E-state index contributed by atoms with van der Waals surface area (Å²) < 4.78 is 1.70. The summed E-state index contributed by atoms with van der Waals surface area (Å²) in [5, 5.41) is 8.81. The second-order valence-electron chi connectivity index (χ2n) is 9.69. The summed E-state index contributed by atoms with van der Waals surface area (Å²) in [5.41, 5.74) is 3.98. The minimum absolute atomic E-state index is 0.146. The highest BCUT2D eigenvalue weighted by atomic mass is 35.5. The average Bonchev–Trinajstić information content (AvgIpc) is 3.25. The van der Waals surface area contributed by atoms with Crippen LogP contribution in [-0.4, -0.2) is 66.0 Å². The lowest BCUT2D eigenvalue weighted by atomic mass is 9.99. The minimum Gasteiger partial charge on any atom is -0.353 e. The quantitative estimate of drug-likeness (QED) is 0.284. The van der Waals surface area contributed by atoms with Crippen molar-refractivity contribution in [1.29, 1.82) is 0 Å². The number of anilines is 1. The summed E-state index contributed by atoms with van der Waals surface area (Å²) in [4.78, 5) is 30.4. The van der Waals surface area contributed by atoms with E-state index in [1.807, 2.05) is 91.8 Å². The molecule has 7 nitrogen and oxygen atoms in total. The molecule has 0 bridgehead atoms. The van der Waals surface area contributed by atoms with Crippen LogP contribution in [0.1, 0.15) is 16.4 Å². The SMILES string of the molecule is CN(C)CCNC(=O)CN1C(=O)CSC(c2cccc(Cl)c2)c2c(-c3ccccc3)nn(-c3ccccc3Cl)c21. The lowest BCUT2D eigenvalue weighted by Crippen LogP contribution is -2.43. The molecule has 206 valence electrons. The van der Waals surface area contributed by atoms with Gasteiger partial charge in [0, 0.05) is 29.2 Å². The Hall–Kier alpha value is -3.30. The van der Waals surface area contributed by atoms with Gasteiger partial charge in [-0.2, -0.15) is 5.10 Å². The predicted octanol–water partition coefficient (Wildman–Crippen LogP) is 5.69. The molecule has 0 saturated carbocycles. The number of thioether (sulfide) groups is 1. The predicted molar refractivity (Wildman–Crippen MR) is 164 cm³/mol. The number of nitrogens with zero attached hydrogens (tertiary/aromatic N) is 4. The standard InChI is InChI=1S/C30H29Cl2N5O2S/c1-35(2)16-15-33-25(38)18-36-26(39)19-40-29(21-11-8-12-22(31)17-21)27-28(20-9-4-3-5-10-20)34-37(30(27)36)24-14-7-6-13-23(24)32/h3-14,17,29H,15-16,18-19H2,1-2H3,(H,33,38). The third-order valence-corrected chi connectivity index (χ3v) is 8.36. The number of likely N-dealkylation sites (N-methyl/N-ethyl adjacent to an activating group) is 1. The number of rotatable bonds is 8. The number of hydrogen-bond donors (Lipinski definition) is 1. The van der Waals surface area contributed by atoms with Crippen LogP contribution >= 0.6 is 35.0 Å². The molecule has 1 atom stereocenters. The van der Waals surface area contributed by atoms with Crippen LogP contribution < -0.4 is 10.2 Å². The van der Waals surface area contributed by atoms with E-state index < -0.39 is 0 Å². The lowest BCUT2D eigenvalue weighted by Gasteiger charge is -2.23. The Labute approximate surface area is 248 Å². The molecule has 0 fully saturated rings. The van der Waals surface area contributed by atoms with Crippen molar-refractivity contribution in [3.8, 4) is 16.9 Å². The number of nitrogens with one attached hydrogen (secondary N) is 1. The third-order valence-electron chi connectivity index (χ3n) is 6.55. The van der Waals surface area contributed by atoms with E-state index in [0.29, 0.717) is 40.3 Å². The van der Waals surface area contributed by atoms with Gasteiger partial charge in [-0.25, -0.2) is 4.68 Å². The van der Waals surface area contributed by atoms with E-state index >= 15 is 0 Å². The molecule has 0 saturated heterocycles. The molecule has 0 aliphatic carbocycles. The van der Waals surface area contributed by atoms with E-state index in [0.717, 1.165) is 16.7 Å². The number of hydrogen-bond acceptors (Lipinski definition) is 5. The molecule has 5 rings (SSSR count). The topological polar surface area (TPSA) is 70.5 Å². The Morgan fingerprint density at radius 1 is 1.05 bits per heavy atom. The number of carbonyl (C=O) groups is 2. The first-order chi connectivity index (χ1) is 19.3. The van der Waals surface area contributed by atoms with Gasteiger partial charge in [-0.3, -0.25) is 14.5 Å². The third kappa shape index (κ3) is 6.05. The van der Waals surface area contributed by atoms with Crippen LogP contribution in [0, 0.1) is 0 Å². The summed E-state index contributed by atoms with van der Waals surface area (Å²) in [6, 6.07) is 24.8. The maximum atomic E-state index is 13.8. The number of carbonyl (C=O) groups excluding carboxylic acids is 2. The van der Waals surface area contributed by atoms with E-state index in [9.17, 15) is 9.59 Å². The highest BCUT2D eigenvalue weighted by molar-refractivity contribution is 8.00. The van der Waals surface area contributed by atoms with E-state index in [2.05, 4.69) is 5.32 Å². The van der Waals surface area contributed by atoms with Gasteiger partial charge in [-0.15, -0.1) is 11.8 Å². The van der Waals surface area contributed by atoms with Crippen molar-refractivity contribution in [2.45, 2.75) is 5.25 Å². The fourth-order valence-electron chi connectivity index (χ4n) is 4.67. The smallest absolute Gasteiger partial charge is 0.240 e. The highest BCUT2D eigenvalue weighted by Crippen LogP contribution is 2.49. The van der Waals surface area contributed by atoms with Crippen LogP contribution in [0.3, 0.4) is 0 Å². The van der Waals surface area contributed by atoms with Gasteiger partial charge in [0.2, 0.25) is 11.8 Å². The van der Waals surface area contributed by atoms with Gasteiger partial charge in [0.25, 0.3) is 0 Å². The lowest BCUT2D eigenvalue weighted by molar-refractivity contribution is -0.122. The zero-order chi connectivity index (χ0) is 28.2. The van der Waals surface area contributed by atoms with Gasteiger partial charge >= 0.3 is 0 Å². The van der Waals surface area contributed by atoms with Crippen molar-refractivity contribution in [2.24, 2.45) is 0 Å². The molecule has 10 heteroatoms. The van der Waals surface area contributed by atoms with Crippen molar-refractivity contribution in [3.05, 3.63) is 100 Å². The fourth-order valence-corrected chi connectivity index (χ4v) is 6.27. The van der Waals surface area contributed by atoms with Crippen LogP contribution in [0.2, 0.25) is 10.0 Å². The molecule has 2 amide bonds. The van der Waals surface area contributed by atoms with Crippen LogP contribution in [0.15, 0.2) is 78.9 Å². The zero-order valence-electron chi connectivity index (χ0n) is 22.2. The van der Waals surface area contributed by atoms with Gasteiger partial charge in [-0.05, 0) is 43.9 Å². The Kier molecular flexibility index (Phi) is 8.81. The molecule has 1 aliphatic heterocycles. The van der Waals surface area contributed by atoms with Crippen molar-refractivity contribution in [3.63, 3.8) is 0 Å². The average molecular weight is 595 g/mol. The number of aromatic nitrogens is 2. The Morgan fingerprint density at radius 3 is 2.52 bits per heavy atom. The zero-order valence-corrected chi connectivity index (χ0v) is 24.5. The minimum atomic E-state index is -0.272. The maximum absolute atomic E-state index is 13.8.